The highest BCUT2D eigenvalue weighted by atomic mass is 32.2. The second-order valence-electron chi connectivity index (χ2n) is 7.81. The van der Waals surface area contributed by atoms with E-state index in [9.17, 15) is 26.4 Å². The summed E-state index contributed by atoms with van der Waals surface area (Å²) in [4.78, 5) is 18.0. The van der Waals surface area contributed by atoms with Gasteiger partial charge in [0.05, 0.1) is 0 Å². The summed E-state index contributed by atoms with van der Waals surface area (Å²) >= 11 is 0. The molecule has 5 nitrogen and oxygen atoms in total. The average molecular weight is 466 g/mol. The van der Waals surface area contributed by atoms with Crippen LogP contribution in [-0.4, -0.2) is 35.5 Å². The van der Waals surface area contributed by atoms with Crippen molar-refractivity contribution in [3.8, 4) is 0 Å². The number of aromatic nitrogens is 1. The van der Waals surface area contributed by atoms with Crippen molar-refractivity contribution in [1.82, 2.24) is 9.88 Å². The summed E-state index contributed by atoms with van der Waals surface area (Å²) in [5, 5.41) is -2.86. The summed E-state index contributed by atoms with van der Waals surface area (Å²) < 4.78 is 78.3. The minimum absolute atomic E-state index is 0.0139. The number of benzene rings is 1. The molecular weight excluding hydrogens is 448 g/mol. The van der Waals surface area contributed by atoms with Crippen LogP contribution in [0.1, 0.15) is 28.3 Å². The highest BCUT2D eigenvalue weighted by Crippen LogP contribution is 2.39. The molecule has 10 heteroatoms. The zero-order valence-corrected chi connectivity index (χ0v) is 17.6. The molecule has 32 heavy (non-hydrogen) atoms. The fourth-order valence-corrected chi connectivity index (χ4v) is 4.49. The second kappa shape index (κ2) is 7.54. The van der Waals surface area contributed by atoms with Crippen molar-refractivity contribution in [2.45, 2.75) is 30.2 Å². The lowest BCUT2D eigenvalue weighted by atomic mass is 9.85. The molecule has 168 valence electrons. The number of carbonyl (C=O) groups excluding carboxylic acids is 1. The van der Waals surface area contributed by atoms with Gasteiger partial charge in [0.2, 0.25) is 5.00 Å². The van der Waals surface area contributed by atoms with Crippen LogP contribution in [0.15, 0.2) is 66.4 Å². The zero-order chi connectivity index (χ0) is 23.3. The smallest absolute Gasteiger partial charge is 0.330 e. The van der Waals surface area contributed by atoms with E-state index >= 15 is 4.39 Å². The van der Waals surface area contributed by atoms with Gasteiger partial charge in [0.15, 0.2) is 9.84 Å². The number of amides is 1. The van der Waals surface area contributed by atoms with Crippen LogP contribution < -0.4 is 0 Å². The van der Waals surface area contributed by atoms with Gasteiger partial charge in [-0.15, -0.1) is 0 Å². The molecule has 2 unspecified atom stereocenters. The van der Waals surface area contributed by atoms with Crippen LogP contribution >= 0.6 is 0 Å². The Kier molecular flexibility index (Phi) is 5.23. The molecule has 0 radical (unpaired) electrons. The zero-order valence-electron chi connectivity index (χ0n) is 16.8. The summed E-state index contributed by atoms with van der Waals surface area (Å²) in [5.74, 6) is -1.36. The Bertz CT molecular complexity index is 1240. The summed E-state index contributed by atoms with van der Waals surface area (Å²) in [5.41, 5.74) is 0.232. The topological polar surface area (TPSA) is 67.3 Å². The van der Waals surface area contributed by atoms with Crippen LogP contribution in [-0.2, 0) is 33.9 Å². The third-order valence-corrected chi connectivity index (χ3v) is 6.95. The summed E-state index contributed by atoms with van der Waals surface area (Å²) in [6.07, 6.45) is 0.223. The predicted molar refractivity (Wildman–Crippen MR) is 109 cm³/mol. The van der Waals surface area contributed by atoms with E-state index in [4.69, 9.17) is 0 Å². The molecule has 0 bridgehead atoms. The number of nitrogens with zero attached hydrogens (tertiary/aromatic N) is 2. The molecule has 2 aliphatic rings. The molecule has 0 saturated heterocycles. The van der Waals surface area contributed by atoms with Gasteiger partial charge in [0.1, 0.15) is 5.69 Å². The maximum atomic E-state index is 15.3. The lowest BCUT2D eigenvalue weighted by molar-refractivity contribution is -0.141. The van der Waals surface area contributed by atoms with E-state index in [2.05, 4.69) is 4.98 Å². The number of alkyl halides is 4. The van der Waals surface area contributed by atoms with E-state index in [1.807, 2.05) is 0 Å². The lowest BCUT2D eigenvalue weighted by Gasteiger charge is -2.29. The number of hydrogen-bond donors (Lipinski definition) is 0. The SMILES string of the molecule is CS(=O)(=O)C1(F)C=CC(c2ccccc2)C(C(=O)N2Cc3cnc(C(F)(F)F)cc3C2)=C1. The van der Waals surface area contributed by atoms with Crippen LogP contribution in [0.25, 0.3) is 0 Å². The van der Waals surface area contributed by atoms with Gasteiger partial charge in [-0.25, -0.2) is 12.8 Å². The molecule has 0 saturated carbocycles. The Balaban J connectivity index is 1.70. The third-order valence-electron chi connectivity index (χ3n) is 5.56. The Morgan fingerprint density at radius 1 is 1.16 bits per heavy atom. The van der Waals surface area contributed by atoms with Gasteiger partial charge >= 0.3 is 6.18 Å². The summed E-state index contributed by atoms with van der Waals surface area (Å²) in [6, 6.07) is 9.56. The molecule has 1 aromatic heterocycles. The fraction of sp³-hybridized carbons (Fsp3) is 0.273. The van der Waals surface area contributed by atoms with Crippen LogP contribution in [0.3, 0.4) is 0 Å². The van der Waals surface area contributed by atoms with E-state index in [0.29, 0.717) is 16.7 Å². The van der Waals surface area contributed by atoms with Crippen molar-refractivity contribution in [3.05, 3.63) is 88.8 Å². The first kappa shape index (κ1) is 22.2. The van der Waals surface area contributed by atoms with Crippen LogP contribution in [0.5, 0.6) is 0 Å². The molecule has 1 amide bonds. The molecule has 2 aromatic rings. The van der Waals surface area contributed by atoms with Crippen LogP contribution in [0, 0.1) is 0 Å². The van der Waals surface area contributed by atoms with Crippen molar-refractivity contribution in [1.29, 1.82) is 0 Å². The molecule has 4 rings (SSSR count). The van der Waals surface area contributed by atoms with E-state index in [0.717, 1.165) is 30.7 Å². The van der Waals surface area contributed by atoms with E-state index < -0.39 is 38.5 Å². The quantitative estimate of drug-likeness (QED) is 0.508. The van der Waals surface area contributed by atoms with Gasteiger partial charge in [0.25, 0.3) is 5.91 Å². The number of rotatable bonds is 3. The maximum absolute atomic E-state index is 15.3. The molecule has 0 fully saturated rings. The number of pyridine rings is 1. The number of halogens is 4. The first-order valence-electron chi connectivity index (χ1n) is 9.59. The van der Waals surface area contributed by atoms with Crippen molar-refractivity contribution in [2.24, 2.45) is 0 Å². The Morgan fingerprint density at radius 2 is 1.81 bits per heavy atom. The first-order valence-corrected chi connectivity index (χ1v) is 11.5. The van der Waals surface area contributed by atoms with E-state index in [1.54, 1.807) is 30.3 Å². The standard InChI is InChI=1S/C22H18F4N2O3S/c1-32(30,31)21(23)8-7-17(14-5-3-2-4-6-14)18(10-21)20(29)28-12-15-9-19(22(24,25)26)27-11-16(15)13-28/h2-11,17H,12-13H2,1H3. The van der Waals surface area contributed by atoms with E-state index in [-0.39, 0.29) is 18.7 Å². The minimum Gasteiger partial charge on any atom is -0.330 e. The number of allylic oxidation sites excluding steroid dienone is 1. The highest BCUT2D eigenvalue weighted by molar-refractivity contribution is 7.92. The normalized spacial score (nSPS) is 23.1. The Hall–Kier alpha value is -3.01. The third kappa shape index (κ3) is 3.94. The van der Waals surface area contributed by atoms with Crippen molar-refractivity contribution < 1.29 is 30.8 Å². The van der Waals surface area contributed by atoms with Crippen molar-refractivity contribution >= 4 is 15.7 Å². The average Bonchev–Trinajstić information content (AvgIpc) is 3.16. The molecule has 2 heterocycles. The number of sulfone groups is 1. The Morgan fingerprint density at radius 3 is 2.44 bits per heavy atom. The number of hydrogen-bond acceptors (Lipinski definition) is 4. The molecule has 1 aromatic carbocycles. The number of fused-ring (bicyclic) bond motifs is 1. The van der Waals surface area contributed by atoms with Gasteiger partial charge in [-0.1, -0.05) is 36.4 Å². The highest BCUT2D eigenvalue weighted by Gasteiger charge is 2.43. The molecule has 0 N–H and O–H groups in total. The summed E-state index contributed by atoms with van der Waals surface area (Å²) in [6.45, 7) is -0.138. The number of carbonyl (C=O) groups is 1. The molecule has 2 atom stereocenters. The second-order valence-corrected chi connectivity index (χ2v) is 9.98. The first-order chi connectivity index (χ1) is 14.9. The van der Waals surface area contributed by atoms with Gasteiger partial charge in [-0.2, -0.15) is 13.2 Å². The van der Waals surface area contributed by atoms with Gasteiger partial charge in [0, 0.05) is 37.0 Å². The lowest BCUT2D eigenvalue weighted by Crippen LogP contribution is -2.36. The monoisotopic (exact) mass is 466 g/mol. The minimum atomic E-state index is -4.62. The van der Waals surface area contributed by atoms with Crippen LogP contribution in [0.4, 0.5) is 17.6 Å². The van der Waals surface area contributed by atoms with Crippen molar-refractivity contribution in [3.63, 3.8) is 0 Å². The Labute approximate surface area is 182 Å². The molecule has 1 aliphatic carbocycles. The molecular formula is C22H18F4N2O3S. The van der Waals surface area contributed by atoms with Gasteiger partial charge in [-0.3, -0.25) is 9.78 Å². The predicted octanol–water partition coefficient (Wildman–Crippen LogP) is 3.93. The fourth-order valence-electron chi connectivity index (χ4n) is 3.82. The molecule has 0 spiro atoms. The van der Waals surface area contributed by atoms with Gasteiger partial charge < -0.3 is 4.90 Å². The van der Waals surface area contributed by atoms with Crippen LogP contribution in [0.2, 0.25) is 0 Å². The van der Waals surface area contributed by atoms with E-state index in [1.165, 1.54) is 11.0 Å². The maximum Gasteiger partial charge on any atom is 0.433 e. The van der Waals surface area contributed by atoms with Crippen molar-refractivity contribution in [2.75, 3.05) is 6.26 Å². The summed E-state index contributed by atoms with van der Waals surface area (Å²) in [7, 11) is -4.23. The molecule has 1 aliphatic heterocycles. The van der Waals surface area contributed by atoms with Gasteiger partial charge in [-0.05, 0) is 34.9 Å². The largest absolute Gasteiger partial charge is 0.433 e.